The van der Waals surface area contributed by atoms with Gasteiger partial charge in [-0.05, 0) is 67.3 Å². The van der Waals surface area contributed by atoms with Gasteiger partial charge in [0.05, 0.1) is 16.5 Å². The second-order valence-electron chi connectivity index (χ2n) is 8.32. The number of ketones is 1. The van der Waals surface area contributed by atoms with Crippen molar-refractivity contribution in [2.45, 2.75) is 19.9 Å². The van der Waals surface area contributed by atoms with Crippen LogP contribution < -0.4 is 14.7 Å². The summed E-state index contributed by atoms with van der Waals surface area (Å²) in [6.07, 6.45) is 0. The number of anilines is 3. The predicted octanol–water partition coefficient (Wildman–Crippen LogP) is 5.44. The SMILES string of the molecule is CCN(CC)c1ccc(N2C(=O)C(O)=C(C(=O)c3cccs3)C2c2ccc(N(C)C)cc2)cc1. The van der Waals surface area contributed by atoms with Crippen LogP contribution in [0.3, 0.4) is 0 Å². The molecule has 1 aromatic heterocycles. The van der Waals surface area contributed by atoms with Crippen molar-refractivity contribution in [1.82, 2.24) is 0 Å². The lowest BCUT2D eigenvalue weighted by atomic mass is 9.95. The van der Waals surface area contributed by atoms with Crippen LogP contribution in [0.4, 0.5) is 17.1 Å². The molecule has 6 nitrogen and oxygen atoms in total. The zero-order valence-corrected chi connectivity index (χ0v) is 20.7. The molecule has 1 unspecified atom stereocenters. The minimum Gasteiger partial charge on any atom is -0.503 e. The third-order valence-corrected chi connectivity index (χ3v) is 7.05. The minimum atomic E-state index is -0.724. The van der Waals surface area contributed by atoms with E-state index in [4.69, 9.17) is 0 Å². The van der Waals surface area contributed by atoms with Gasteiger partial charge in [-0.2, -0.15) is 0 Å². The maximum atomic E-state index is 13.4. The van der Waals surface area contributed by atoms with Crippen LogP contribution in [0.1, 0.15) is 35.1 Å². The van der Waals surface area contributed by atoms with Crippen LogP contribution in [0.15, 0.2) is 77.4 Å². The predicted molar refractivity (Wildman–Crippen MR) is 139 cm³/mol. The van der Waals surface area contributed by atoms with Crippen LogP contribution in [-0.4, -0.2) is 44.0 Å². The monoisotopic (exact) mass is 475 g/mol. The standard InChI is InChI=1S/C27H29N3O3S/c1-5-29(6-2)20-13-15-21(16-14-20)30-24(18-9-11-19(12-10-18)28(3)4)23(26(32)27(30)33)25(31)22-8-7-17-34-22/h7-17,24,32H,5-6H2,1-4H3. The largest absolute Gasteiger partial charge is 0.503 e. The molecule has 0 bridgehead atoms. The zero-order chi connectivity index (χ0) is 24.4. The van der Waals surface area contributed by atoms with Gasteiger partial charge in [-0.25, -0.2) is 0 Å². The topological polar surface area (TPSA) is 64.1 Å². The Balaban J connectivity index is 1.80. The van der Waals surface area contributed by atoms with Gasteiger partial charge in [-0.1, -0.05) is 18.2 Å². The number of amides is 1. The lowest BCUT2D eigenvalue weighted by molar-refractivity contribution is -0.117. The highest BCUT2D eigenvalue weighted by Crippen LogP contribution is 2.43. The van der Waals surface area contributed by atoms with E-state index in [0.717, 1.165) is 30.0 Å². The number of aliphatic hydroxyl groups is 1. The van der Waals surface area contributed by atoms with Crippen molar-refractivity contribution in [3.63, 3.8) is 0 Å². The van der Waals surface area contributed by atoms with Gasteiger partial charge in [0.25, 0.3) is 5.91 Å². The Morgan fingerprint density at radius 3 is 2.12 bits per heavy atom. The highest BCUT2D eigenvalue weighted by atomic mass is 32.1. The molecule has 4 rings (SSSR count). The third-order valence-electron chi connectivity index (χ3n) is 6.18. The van der Waals surface area contributed by atoms with Crippen LogP contribution in [0.2, 0.25) is 0 Å². The molecule has 2 aromatic carbocycles. The van der Waals surface area contributed by atoms with Crippen molar-refractivity contribution in [3.05, 3.63) is 87.8 Å². The van der Waals surface area contributed by atoms with Gasteiger partial charge < -0.3 is 14.9 Å². The fourth-order valence-electron chi connectivity index (χ4n) is 4.33. The van der Waals surface area contributed by atoms with E-state index >= 15 is 0 Å². The maximum absolute atomic E-state index is 13.4. The molecule has 1 aliphatic rings. The summed E-state index contributed by atoms with van der Waals surface area (Å²) < 4.78 is 0. The van der Waals surface area contributed by atoms with E-state index in [0.29, 0.717) is 10.6 Å². The Morgan fingerprint density at radius 2 is 1.59 bits per heavy atom. The lowest BCUT2D eigenvalue weighted by Gasteiger charge is -2.28. The molecule has 176 valence electrons. The molecule has 1 atom stereocenters. The molecule has 0 spiro atoms. The number of carbonyl (C=O) groups is 2. The average Bonchev–Trinajstić information content (AvgIpc) is 3.48. The normalized spacial score (nSPS) is 15.7. The number of carbonyl (C=O) groups excluding carboxylic acids is 2. The van der Waals surface area contributed by atoms with Gasteiger partial charge >= 0.3 is 0 Å². The number of hydrogen-bond acceptors (Lipinski definition) is 6. The van der Waals surface area contributed by atoms with Crippen molar-refractivity contribution in [1.29, 1.82) is 0 Å². The van der Waals surface area contributed by atoms with E-state index in [1.165, 1.54) is 16.2 Å². The molecule has 0 radical (unpaired) electrons. The quantitative estimate of drug-likeness (QED) is 0.439. The van der Waals surface area contributed by atoms with Gasteiger partial charge in [0.2, 0.25) is 5.78 Å². The van der Waals surface area contributed by atoms with Crippen LogP contribution in [0.5, 0.6) is 0 Å². The first-order valence-corrected chi connectivity index (χ1v) is 12.2. The van der Waals surface area contributed by atoms with E-state index in [-0.39, 0.29) is 11.4 Å². The maximum Gasteiger partial charge on any atom is 0.294 e. The molecule has 0 saturated heterocycles. The molecule has 7 heteroatoms. The molecule has 2 heterocycles. The van der Waals surface area contributed by atoms with E-state index in [1.807, 2.05) is 72.9 Å². The van der Waals surface area contributed by atoms with Crippen molar-refractivity contribution in [2.24, 2.45) is 0 Å². The summed E-state index contributed by atoms with van der Waals surface area (Å²) in [6, 6.07) is 18.2. The summed E-state index contributed by atoms with van der Waals surface area (Å²) >= 11 is 1.30. The number of rotatable bonds is 8. The third kappa shape index (κ3) is 4.19. The smallest absolute Gasteiger partial charge is 0.294 e. The first kappa shape index (κ1) is 23.6. The van der Waals surface area contributed by atoms with Crippen molar-refractivity contribution in [2.75, 3.05) is 41.9 Å². The van der Waals surface area contributed by atoms with Crippen molar-refractivity contribution < 1.29 is 14.7 Å². The Morgan fingerprint density at radius 1 is 0.971 bits per heavy atom. The minimum absolute atomic E-state index is 0.109. The summed E-state index contributed by atoms with van der Waals surface area (Å²) in [7, 11) is 3.91. The number of hydrogen-bond donors (Lipinski definition) is 1. The van der Waals surface area contributed by atoms with E-state index in [1.54, 1.807) is 12.1 Å². The molecule has 34 heavy (non-hydrogen) atoms. The van der Waals surface area contributed by atoms with E-state index in [9.17, 15) is 14.7 Å². The van der Waals surface area contributed by atoms with E-state index in [2.05, 4.69) is 18.7 Å². The molecule has 1 aliphatic heterocycles. The molecule has 1 N–H and O–H groups in total. The van der Waals surface area contributed by atoms with Gasteiger partial charge in [0, 0.05) is 44.2 Å². The van der Waals surface area contributed by atoms with Crippen molar-refractivity contribution in [3.8, 4) is 0 Å². The first-order chi connectivity index (χ1) is 16.4. The molecule has 3 aromatic rings. The average molecular weight is 476 g/mol. The first-order valence-electron chi connectivity index (χ1n) is 11.3. The lowest BCUT2D eigenvalue weighted by Crippen LogP contribution is -2.31. The summed E-state index contributed by atoms with van der Waals surface area (Å²) in [5, 5.41) is 12.7. The Hall–Kier alpha value is -3.58. The molecule has 0 aliphatic carbocycles. The van der Waals surface area contributed by atoms with Gasteiger partial charge in [-0.3, -0.25) is 14.5 Å². The van der Waals surface area contributed by atoms with E-state index < -0.39 is 17.7 Å². The zero-order valence-electron chi connectivity index (χ0n) is 19.9. The summed E-state index contributed by atoms with van der Waals surface area (Å²) in [4.78, 5) is 33.0. The Kier molecular flexibility index (Phi) is 6.75. The molecular weight excluding hydrogens is 446 g/mol. The van der Waals surface area contributed by atoms with Crippen LogP contribution in [0, 0.1) is 0 Å². The number of benzene rings is 2. The highest BCUT2D eigenvalue weighted by molar-refractivity contribution is 7.12. The van der Waals surface area contributed by atoms with Crippen molar-refractivity contribution >= 4 is 40.1 Å². The number of aliphatic hydroxyl groups excluding tert-OH is 1. The fraction of sp³-hybridized carbons (Fsp3) is 0.259. The molecule has 0 saturated carbocycles. The number of nitrogens with zero attached hydrogens (tertiary/aromatic N) is 3. The summed E-state index contributed by atoms with van der Waals surface area (Å²) in [6.45, 7) is 5.95. The van der Waals surface area contributed by atoms with Gasteiger partial charge in [0.1, 0.15) is 0 Å². The molecule has 0 fully saturated rings. The summed E-state index contributed by atoms with van der Waals surface area (Å²) in [5.41, 5.74) is 3.55. The molecule has 1 amide bonds. The second-order valence-corrected chi connectivity index (χ2v) is 9.27. The van der Waals surface area contributed by atoms with Crippen LogP contribution >= 0.6 is 11.3 Å². The molecular formula is C27H29N3O3S. The number of thiophene rings is 1. The summed E-state index contributed by atoms with van der Waals surface area (Å²) in [5.74, 6) is -1.39. The second kappa shape index (κ2) is 9.73. The van der Waals surface area contributed by atoms with Crippen LogP contribution in [-0.2, 0) is 4.79 Å². The van der Waals surface area contributed by atoms with Gasteiger partial charge in [0.15, 0.2) is 5.76 Å². The Labute approximate surface area is 204 Å². The van der Waals surface area contributed by atoms with Gasteiger partial charge in [-0.15, -0.1) is 11.3 Å². The highest BCUT2D eigenvalue weighted by Gasteiger charge is 2.44. The number of Topliss-reactive ketones (excluding diaryl/α,β-unsaturated/α-hetero) is 1. The fourth-order valence-corrected chi connectivity index (χ4v) is 5.00. The van der Waals surface area contributed by atoms with Crippen LogP contribution in [0.25, 0.3) is 0 Å². The Bertz CT molecular complexity index is 1190.